The molecule has 0 aliphatic carbocycles. The minimum atomic E-state index is -4.86. The van der Waals surface area contributed by atoms with E-state index in [1.54, 1.807) is 37.3 Å². The van der Waals surface area contributed by atoms with Gasteiger partial charge in [-0.05, 0) is 75.1 Å². The number of nitrogens with zero attached hydrogens (tertiary/aromatic N) is 3. The normalized spacial score (nSPS) is 21.2. The van der Waals surface area contributed by atoms with Gasteiger partial charge in [0.05, 0.1) is 45.0 Å². The Hall–Kier alpha value is -4.65. The van der Waals surface area contributed by atoms with E-state index in [-0.39, 0.29) is 65.1 Å². The maximum atomic E-state index is 12.3. The number of methoxy groups -OCH3 is 2. The molecule has 22 heteroatoms. The lowest BCUT2D eigenvalue weighted by Gasteiger charge is -2.30. The van der Waals surface area contributed by atoms with Crippen molar-refractivity contribution in [2.45, 2.75) is 73.0 Å². The molecule has 0 saturated carbocycles. The molecule has 1 saturated heterocycles. The van der Waals surface area contributed by atoms with Gasteiger partial charge in [0.25, 0.3) is 11.8 Å². The van der Waals surface area contributed by atoms with Gasteiger partial charge in [0.2, 0.25) is 5.69 Å². The Morgan fingerprint density at radius 2 is 1.43 bits per heavy atom. The molecule has 5 rings (SSSR count). The second kappa shape index (κ2) is 20.0. The van der Waals surface area contributed by atoms with Gasteiger partial charge in [0.1, 0.15) is 26.8 Å². The molecule has 2 unspecified atom stereocenters. The molecular weight excluding hydrogens is 887 g/mol. The lowest BCUT2D eigenvalue weighted by atomic mass is 9.76. The number of imide groups is 1. The van der Waals surface area contributed by atoms with E-state index >= 15 is 0 Å². The number of carbonyl (C=O) groups is 3. The number of hydroxylamine groups is 2. The van der Waals surface area contributed by atoms with Crippen LogP contribution in [0.1, 0.15) is 63.5 Å². The summed E-state index contributed by atoms with van der Waals surface area (Å²) in [7, 11) is -11.3. The molecule has 63 heavy (non-hydrogen) atoms. The highest BCUT2D eigenvalue weighted by molar-refractivity contribution is 7.86. The molecule has 3 aliphatic rings. The highest BCUT2D eigenvalue weighted by Gasteiger charge is 2.48. The molecule has 19 nitrogen and oxygen atoms in total. The van der Waals surface area contributed by atoms with Crippen LogP contribution in [0.25, 0.3) is 0 Å². The quantitative estimate of drug-likeness (QED) is 0.0540. The van der Waals surface area contributed by atoms with Gasteiger partial charge in [0.15, 0.2) is 12.3 Å². The molecular formula is C41H49N3O16S3-2. The molecule has 0 N–H and O–H groups in total. The largest absolute Gasteiger partial charge is 0.748 e. The Kier molecular flexibility index (Phi) is 15.7. The Balaban J connectivity index is 1.47. The number of fused-ring (bicyclic) bond motifs is 2. The Labute approximate surface area is 366 Å². The van der Waals surface area contributed by atoms with Crippen LogP contribution < -0.4 is 4.90 Å². The number of allylic oxidation sites excluding steroid dienone is 6. The summed E-state index contributed by atoms with van der Waals surface area (Å²) in [4.78, 5) is 41.9. The molecule has 0 radical (unpaired) electrons. The summed E-state index contributed by atoms with van der Waals surface area (Å²) in [6, 6.07) is 8.07. The van der Waals surface area contributed by atoms with Crippen LogP contribution in [0.4, 0.5) is 11.4 Å². The summed E-state index contributed by atoms with van der Waals surface area (Å²) in [5.41, 5.74) is 1.48. The van der Waals surface area contributed by atoms with E-state index < -0.39 is 74.5 Å². The standard InChI is InChI=1S/C41H51N3O16S3/c1-40(18-8-26-61(48,49)50)31-27-29(62(51,52)53)11-13-33(31)42(20-24-58-4)35(40)9-6-5-7-10-36-41(2,19-23-57-3)32-28-30(63(54,55)56)12-14-34(32)43(36)21-25-59-22-17-39(47)60-44-37(45)15-16-38(44)46/h5-7,9-14,27-28H,8,15-26H2,1-4H3,(H2-,48,49,50,51,52,53,54,55,56)/p-2. The van der Waals surface area contributed by atoms with Gasteiger partial charge in [-0.1, -0.05) is 18.2 Å². The lowest BCUT2D eigenvalue weighted by Crippen LogP contribution is -2.33. The first-order valence-electron chi connectivity index (χ1n) is 19.8. The van der Waals surface area contributed by atoms with Crippen molar-refractivity contribution < 1.29 is 76.9 Å². The van der Waals surface area contributed by atoms with E-state index in [4.69, 9.17) is 19.0 Å². The first-order chi connectivity index (χ1) is 29.5. The molecule has 3 aliphatic heterocycles. The fourth-order valence-electron chi connectivity index (χ4n) is 8.05. The molecule has 3 heterocycles. The molecule has 0 aromatic heterocycles. The number of hydrogen-bond acceptors (Lipinski definition) is 17. The molecule has 0 bridgehead atoms. The van der Waals surface area contributed by atoms with Gasteiger partial charge in [-0.15, -0.1) is 5.06 Å². The van der Waals surface area contributed by atoms with E-state index in [1.807, 2.05) is 16.4 Å². The summed E-state index contributed by atoms with van der Waals surface area (Å²) in [6.07, 6.45) is 8.74. The zero-order valence-corrected chi connectivity index (χ0v) is 37.6. The van der Waals surface area contributed by atoms with Gasteiger partial charge >= 0.3 is 5.97 Å². The van der Waals surface area contributed by atoms with Crippen molar-refractivity contribution in [3.63, 3.8) is 0 Å². The van der Waals surface area contributed by atoms with Crippen LogP contribution >= 0.6 is 0 Å². The van der Waals surface area contributed by atoms with Crippen molar-refractivity contribution in [1.82, 2.24) is 5.06 Å². The van der Waals surface area contributed by atoms with Crippen molar-refractivity contribution in [3.05, 3.63) is 83.6 Å². The van der Waals surface area contributed by atoms with Crippen LogP contribution in [0.2, 0.25) is 0 Å². The van der Waals surface area contributed by atoms with Crippen molar-refractivity contribution >= 4 is 65.2 Å². The van der Waals surface area contributed by atoms with Crippen molar-refractivity contribution in [2.75, 3.05) is 64.4 Å². The molecule has 2 atom stereocenters. The average Bonchev–Trinajstić information content (AvgIpc) is 3.73. The van der Waals surface area contributed by atoms with Gasteiger partial charge in [-0.25, -0.2) is 30.0 Å². The minimum absolute atomic E-state index is 0.0465. The number of ether oxygens (including phenoxy) is 3. The monoisotopic (exact) mass is 935 g/mol. The zero-order chi connectivity index (χ0) is 46.4. The third-order valence-electron chi connectivity index (χ3n) is 11.2. The number of rotatable bonds is 22. The minimum Gasteiger partial charge on any atom is -0.748 e. The molecule has 2 amide bonds. The predicted octanol–water partition coefficient (Wildman–Crippen LogP) is 2.65. The highest BCUT2D eigenvalue weighted by atomic mass is 32.2. The maximum Gasteiger partial charge on any atom is 0.335 e. The predicted molar refractivity (Wildman–Crippen MR) is 222 cm³/mol. The number of amides is 2. The third kappa shape index (κ3) is 11.5. The van der Waals surface area contributed by atoms with Crippen LogP contribution in [-0.4, -0.2) is 132 Å². The number of hydrogen-bond donors (Lipinski definition) is 0. The van der Waals surface area contributed by atoms with Gasteiger partial charge in [-0.2, -0.15) is 4.58 Å². The van der Waals surface area contributed by atoms with Crippen LogP contribution in [0.15, 0.2) is 82.3 Å². The zero-order valence-electron chi connectivity index (χ0n) is 35.1. The topological polar surface area (TPSA) is 269 Å². The van der Waals surface area contributed by atoms with Crippen LogP contribution in [0.3, 0.4) is 0 Å². The van der Waals surface area contributed by atoms with E-state index in [0.717, 1.165) is 0 Å². The fourth-order valence-corrected chi connectivity index (χ4v) is 9.54. The first-order valence-corrected chi connectivity index (χ1v) is 24.2. The Morgan fingerprint density at radius 1 is 0.794 bits per heavy atom. The highest BCUT2D eigenvalue weighted by Crippen LogP contribution is 2.51. The van der Waals surface area contributed by atoms with Crippen LogP contribution in [-0.2, 0) is 74.6 Å². The third-order valence-corrected chi connectivity index (χ3v) is 13.7. The Morgan fingerprint density at radius 3 is 2.05 bits per heavy atom. The summed E-state index contributed by atoms with van der Waals surface area (Å²) in [5, 5.41) is 0.452. The average molecular weight is 936 g/mol. The summed E-state index contributed by atoms with van der Waals surface area (Å²) in [5.74, 6) is -2.71. The Bertz CT molecular complexity index is 2550. The molecule has 0 spiro atoms. The van der Waals surface area contributed by atoms with E-state index in [0.29, 0.717) is 51.9 Å². The molecule has 344 valence electrons. The van der Waals surface area contributed by atoms with E-state index in [9.17, 15) is 53.3 Å². The second-order valence-electron chi connectivity index (χ2n) is 15.4. The van der Waals surface area contributed by atoms with E-state index in [2.05, 4.69) is 0 Å². The van der Waals surface area contributed by atoms with Gasteiger partial charge < -0.3 is 37.6 Å². The number of carbonyl (C=O) groups excluding carboxylic acids is 3. The smallest absolute Gasteiger partial charge is 0.335 e. The molecule has 1 fully saturated rings. The summed E-state index contributed by atoms with van der Waals surface area (Å²) < 4.78 is 126. The van der Waals surface area contributed by atoms with Crippen molar-refractivity contribution in [3.8, 4) is 0 Å². The number of benzene rings is 2. The van der Waals surface area contributed by atoms with Gasteiger partial charge in [-0.3, -0.25) is 9.59 Å². The maximum absolute atomic E-state index is 12.3. The molecule has 2 aromatic carbocycles. The lowest BCUT2D eigenvalue weighted by molar-refractivity contribution is -0.441. The first kappa shape index (κ1) is 49.4. The fraction of sp³-hybridized carbons (Fsp3) is 0.463. The van der Waals surface area contributed by atoms with Gasteiger partial charge in [0, 0.05) is 80.5 Å². The van der Waals surface area contributed by atoms with Crippen molar-refractivity contribution in [1.29, 1.82) is 0 Å². The van der Waals surface area contributed by atoms with Crippen molar-refractivity contribution in [2.24, 2.45) is 0 Å². The second-order valence-corrected chi connectivity index (χ2v) is 19.7. The SMILES string of the molecule is COCC[N+]1=C(/C=C/C=C/C=C2/N(CCOCCC(=O)ON3C(=O)CCC3=O)c3ccc(S(=O)(=O)[O-])cc3C2(C)CCOC)C(C)(CCCS(=O)(=O)[O-])c2cc(S(=O)(=O)[O-])ccc21. The van der Waals surface area contributed by atoms with Crippen LogP contribution in [0.5, 0.6) is 0 Å². The van der Waals surface area contributed by atoms with E-state index in [1.165, 1.54) is 50.6 Å². The van der Waals surface area contributed by atoms with Crippen LogP contribution in [0, 0.1) is 0 Å². The number of anilines is 1. The summed E-state index contributed by atoms with van der Waals surface area (Å²) >= 11 is 0. The molecule has 2 aromatic rings. The summed E-state index contributed by atoms with van der Waals surface area (Å²) in [6.45, 7) is 4.56.